The van der Waals surface area contributed by atoms with E-state index >= 15 is 0 Å². The van der Waals surface area contributed by atoms with E-state index in [1.807, 2.05) is 18.2 Å². The summed E-state index contributed by atoms with van der Waals surface area (Å²) in [6, 6.07) is 6.46. The SMILES string of the molecule is OCCC1CCCCN1Cc1csc(-c2ccc3c(c2)OCO3)n1. The van der Waals surface area contributed by atoms with Crippen molar-refractivity contribution >= 4 is 11.3 Å². The van der Waals surface area contributed by atoms with Gasteiger partial charge in [0, 0.05) is 30.1 Å². The molecule has 1 unspecified atom stereocenters. The zero-order valence-electron chi connectivity index (χ0n) is 13.6. The van der Waals surface area contributed by atoms with Gasteiger partial charge in [-0.05, 0) is 44.0 Å². The van der Waals surface area contributed by atoms with Crippen LogP contribution in [0.4, 0.5) is 0 Å². The van der Waals surface area contributed by atoms with E-state index in [1.54, 1.807) is 11.3 Å². The van der Waals surface area contributed by atoms with E-state index in [-0.39, 0.29) is 6.61 Å². The summed E-state index contributed by atoms with van der Waals surface area (Å²) in [6.45, 7) is 2.52. The summed E-state index contributed by atoms with van der Waals surface area (Å²) in [5, 5.41) is 12.4. The Morgan fingerprint density at radius 3 is 3.08 bits per heavy atom. The summed E-state index contributed by atoms with van der Waals surface area (Å²) in [4.78, 5) is 7.28. The Morgan fingerprint density at radius 2 is 2.17 bits per heavy atom. The minimum atomic E-state index is 0.265. The second-order valence-electron chi connectivity index (χ2n) is 6.34. The van der Waals surface area contributed by atoms with Crippen LogP contribution < -0.4 is 9.47 Å². The highest BCUT2D eigenvalue weighted by Crippen LogP contribution is 2.36. The molecule has 0 radical (unpaired) electrons. The van der Waals surface area contributed by atoms with Gasteiger partial charge in [0.05, 0.1) is 5.69 Å². The number of ether oxygens (including phenoxy) is 2. The Balaban J connectivity index is 1.48. The van der Waals surface area contributed by atoms with E-state index in [9.17, 15) is 5.11 Å². The molecule has 4 rings (SSSR count). The summed E-state index contributed by atoms with van der Waals surface area (Å²) in [6.07, 6.45) is 4.54. The minimum absolute atomic E-state index is 0.265. The van der Waals surface area contributed by atoms with Gasteiger partial charge in [-0.1, -0.05) is 6.42 Å². The summed E-state index contributed by atoms with van der Waals surface area (Å²) in [7, 11) is 0. The highest BCUT2D eigenvalue weighted by Gasteiger charge is 2.23. The lowest BCUT2D eigenvalue weighted by atomic mass is 9.99. The standard InChI is InChI=1S/C18H22N2O3S/c21-8-6-15-3-1-2-7-20(15)10-14-11-24-18(19-14)13-4-5-16-17(9-13)23-12-22-16/h4-5,9,11,15,21H,1-3,6-8,10,12H2. The number of hydrogen-bond donors (Lipinski definition) is 1. The largest absolute Gasteiger partial charge is 0.454 e. The Hall–Kier alpha value is -1.63. The van der Waals surface area contributed by atoms with E-state index in [0.717, 1.165) is 47.3 Å². The normalized spacial score (nSPS) is 20.5. The third-order valence-corrected chi connectivity index (χ3v) is 5.69. The van der Waals surface area contributed by atoms with Crippen LogP contribution >= 0.6 is 11.3 Å². The molecule has 2 aliphatic heterocycles. The van der Waals surface area contributed by atoms with Gasteiger partial charge in [-0.3, -0.25) is 4.90 Å². The maximum atomic E-state index is 9.27. The summed E-state index contributed by atoms with van der Waals surface area (Å²) < 4.78 is 10.8. The quantitative estimate of drug-likeness (QED) is 0.900. The summed E-state index contributed by atoms with van der Waals surface area (Å²) in [5.74, 6) is 1.60. The fourth-order valence-electron chi connectivity index (χ4n) is 3.49. The van der Waals surface area contributed by atoms with Crippen molar-refractivity contribution in [2.24, 2.45) is 0 Å². The van der Waals surface area contributed by atoms with Crippen molar-refractivity contribution in [3.05, 3.63) is 29.3 Å². The zero-order valence-corrected chi connectivity index (χ0v) is 14.4. The molecule has 0 aliphatic carbocycles. The van der Waals surface area contributed by atoms with Gasteiger partial charge >= 0.3 is 0 Å². The number of nitrogens with zero attached hydrogens (tertiary/aromatic N) is 2. The Labute approximate surface area is 145 Å². The first kappa shape index (κ1) is 15.9. The van der Waals surface area contributed by atoms with Gasteiger partial charge in [0.1, 0.15) is 5.01 Å². The smallest absolute Gasteiger partial charge is 0.231 e. The molecular weight excluding hydrogens is 324 g/mol. The molecule has 24 heavy (non-hydrogen) atoms. The molecule has 1 N–H and O–H groups in total. The molecule has 0 bridgehead atoms. The molecule has 0 saturated carbocycles. The highest BCUT2D eigenvalue weighted by molar-refractivity contribution is 7.13. The molecule has 0 spiro atoms. The van der Waals surface area contributed by atoms with Crippen LogP contribution in [-0.2, 0) is 6.54 Å². The number of rotatable bonds is 5. The fraction of sp³-hybridized carbons (Fsp3) is 0.500. The van der Waals surface area contributed by atoms with Crippen LogP contribution in [0.2, 0.25) is 0 Å². The highest BCUT2D eigenvalue weighted by atomic mass is 32.1. The second-order valence-corrected chi connectivity index (χ2v) is 7.20. The number of hydrogen-bond acceptors (Lipinski definition) is 6. The van der Waals surface area contributed by atoms with Crippen molar-refractivity contribution in [1.29, 1.82) is 0 Å². The monoisotopic (exact) mass is 346 g/mol. The third kappa shape index (κ3) is 3.27. The van der Waals surface area contributed by atoms with Crippen molar-refractivity contribution in [2.75, 3.05) is 19.9 Å². The van der Waals surface area contributed by atoms with E-state index in [2.05, 4.69) is 10.3 Å². The van der Waals surface area contributed by atoms with Crippen molar-refractivity contribution in [1.82, 2.24) is 9.88 Å². The van der Waals surface area contributed by atoms with Gasteiger partial charge < -0.3 is 14.6 Å². The number of piperidine rings is 1. The Bertz CT molecular complexity index is 701. The maximum absolute atomic E-state index is 9.27. The number of fused-ring (bicyclic) bond motifs is 1. The first-order chi connectivity index (χ1) is 11.8. The van der Waals surface area contributed by atoms with Crippen LogP contribution in [0.25, 0.3) is 10.6 Å². The number of aliphatic hydroxyl groups is 1. The van der Waals surface area contributed by atoms with Crippen LogP contribution in [-0.4, -0.2) is 41.0 Å². The van der Waals surface area contributed by atoms with Crippen molar-refractivity contribution in [3.8, 4) is 22.1 Å². The number of likely N-dealkylation sites (tertiary alicyclic amines) is 1. The maximum Gasteiger partial charge on any atom is 0.231 e. The Kier molecular flexibility index (Phi) is 4.69. The van der Waals surface area contributed by atoms with Gasteiger partial charge in [0.2, 0.25) is 6.79 Å². The molecule has 0 amide bonds. The van der Waals surface area contributed by atoms with Crippen LogP contribution in [0.5, 0.6) is 11.5 Å². The lowest BCUT2D eigenvalue weighted by Gasteiger charge is -2.35. The van der Waals surface area contributed by atoms with Crippen LogP contribution in [0, 0.1) is 0 Å². The molecule has 1 atom stereocenters. The summed E-state index contributed by atoms with van der Waals surface area (Å²) in [5.41, 5.74) is 2.18. The lowest BCUT2D eigenvalue weighted by molar-refractivity contribution is 0.111. The van der Waals surface area contributed by atoms with E-state index < -0.39 is 0 Å². The topological polar surface area (TPSA) is 54.8 Å². The second kappa shape index (κ2) is 7.09. The average molecular weight is 346 g/mol. The molecule has 3 heterocycles. The molecule has 1 aromatic heterocycles. The lowest BCUT2D eigenvalue weighted by Crippen LogP contribution is -2.39. The fourth-order valence-corrected chi connectivity index (χ4v) is 4.30. The molecule has 1 aromatic carbocycles. The van der Waals surface area contributed by atoms with E-state index in [1.165, 1.54) is 19.3 Å². The number of aromatic nitrogens is 1. The summed E-state index contributed by atoms with van der Waals surface area (Å²) >= 11 is 1.67. The van der Waals surface area contributed by atoms with E-state index in [4.69, 9.17) is 14.5 Å². The van der Waals surface area contributed by atoms with Gasteiger partial charge in [0.25, 0.3) is 0 Å². The minimum Gasteiger partial charge on any atom is -0.454 e. The average Bonchev–Trinajstić information content (AvgIpc) is 3.25. The van der Waals surface area contributed by atoms with Crippen molar-refractivity contribution in [2.45, 2.75) is 38.3 Å². The molecule has 6 heteroatoms. The van der Waals surface area contributed by atoms with E-state index in [0.29, 0.717) is 12.8 Å². The third-order valence-electron chi connectivity index (χ3n) is 4.75. The first-order valence-electron chi connectivity index (χ1n) is 8.53. The molecule has 128 valence electrons. The first-order valence-corrected chi connectivity index (χ1v) is 9.41. The van der Waals surface area contributed by atoms with Crippen molar-refractivity contribution < 1.29 is 14.6 Å². The van der Waals surface area contributed by atoms with Gasteiger partial charge in [0.15, 0.2) is 11.5 Å². The van der Waals surface area contributed by atoms with Gasteiger partial charge in [-0.2, -0.15) is 0 Å². The number of thiazole rings is 1. The van der Waals surface area contributed by atoms with Gasteiger partial charge in [-0.25, -0.2) is 4.98 Å². The molecule has 2 aromatic rings. The Morgan fingerprint density at radius 1 is 1.25 bits per heavy atom. The number of aliphatic hydroxyl groups excluding tert-OH is 1. The molecular formula is C18H22N2O3S. The molecule has 1 saturated heterocycles. The zero-order chi connectivity index (χ0) is 16.4. The van der Waals surface area contributed by atoms with Crippen LogP contribution in [0.15, 0.2) is 23.6 Å². The van der Waals surface area contributed by atoms with Gasteiger partial charge in [-0.15, -0.1) is 11.3 Å². The van der Waals surface area contributed by atoms with Crippen molar-refractivity contribution in [3.63, 3.8) is 0 Å². The number of benzene rings is 1. The molecule has 2 aliphatic rings. The predicted molar refractivity (Wildman–Crippen MR) is 93.4 cm³/mol. The van der Waals surface area contributed by atoms with Crippen LogP contribution in [0.1, 0.15) is 31.4 Å². The van der Waals surface area contributed by atoms with Crippen LogP contribution in [0.3, 0.4) is 0 Å². The predicted octanol–water partition coefficient (Wildman–Crippen LogP) is 3.28. The molecule has 1 fully saturated rings. The molecule has 5 nitrogen and oxygen atoms in total.